The molecule has 2 aliphatic rings. The molecular formula is C15H22N2O. The van der Waals surface area contributed by atoms with Gasteiger partial charge in [0.1, 0.15) is 0 Å². The molecule has 1 aliphatic carbocycles. The number of aliphatic hydroxyl groups excluding tert-OH is 1. The second-order valence-corrected chi connectivity index (χ2v) is 5.55. The van der Waals surface area contributed by atoms with Crippen molar-refractivity contribution in [2.75, 3.05) is 19.6 Å². The van der Waals surface area contributed by atoms with E-state index in [2.05, 4.69) is 10.2 Å². The lowest BCUT2D eigenvalue weighted by Crippen LogP contribution is -2.35. The van der Waals surface area contributed by atoms with Crippen molar-refractivity contribution in [3.63, 3.8) is 0 Å². The number of benzene rings is 1. The molecule has 2 atom stereocenters. The fourth-order valence-corrected chi connectivity index (χ4v) is 2.80. The molecule has 0 spiro atoms. The topological polar surface area (TPSA) is 35.5 Å². The second kappa shape index (κ2) is 5.39. The first-order chi connectivity index (χ1) is 8.83. The molecule has 0 bridgehead atoms. The van der Waals surface area contributed by atoms with Crippen molar-refractivity contribution in [2.45, 2.75) is 37.5 Å². The minimum atomic E-state index is -0.388. The molecule has 1 aliphatic heterocycles. The molecule has 1 saturated carbocycles. The molecule has 3 nitrogen and oxygen atoms in total. The van der Waals surface area contributed by atoms with Gasteiger partial charge < -0.3 is 10.4 Å². The lowest BCUT2D eigenvalue weighted by Gasteiger charge is -2.18. The largest absolute Gasteiger partial charge is 0.387 e. The van der Waals surface area contributed by atoms with E-state index in [9.17, 15) is 5.11 Å². The maximum Gasteiger partial charge on any atom is 0.0914 e. The van der Waals surface area contributed by atoms with Gasteiger partial charge in [-0.25, -0.2) is 0 Å². The normalized spacial score (nSPS) is 26.4. The van der Waals surface area contributed by atoms with Gasteiger partial charge in [0, 0.05) is 31.7 Å². The van der Waals surface area contributed by atoms with E-state index in [4.69, 9.17) is 0 Å². The van der Waals surface area contributed by atoms with Gasteiger partial charge in [-0.05, 0) is 24.8 Å². The Hall–Kier alpha value is -0.900. The summed E-state index contributed by atoms with van der Waals surface area (Å²) in [6.07, 6.45) is 3.61. The summed E-state index contributed by atoms with van der Waals surface area (Å²) in [5.74, 6) is 0. The van der Waals surface area contributed by atoms with Crippen LogP contribution in [0.3, 0.4) is 0 Å². The van der Waals surface area contributed by atoms with E-state index in [0.29, 0.717) is 12.6 Å². The van der Waals surface area contributed by atoms with Crippen LogP contribution in [0.25, 0.3) is 0 Å². The van der Waals surface area contributed by atoms with Gasteiger partial charge >= 0.3 is 0 Å². The zero-order valence-electron chi connectivity index (χ0n) is 10.8. The van der Waals surface area contributed by atoms with Crippen LogP contribution < -0.4 is 5.32 Å². The van der Waals surface area contributed by atoms with Gasteiger partial charge in [-0.15, -0.1) is 0 Å². The first-order valence-corrected chi connectivity index (χ1v) is 7.03. The number of nitrogens with one attached hydrogen (secondary N) is 1. The third-order valence-corrected chi connectivity index (χ3v) is 4.07. The maximum absolute atomic E-state index is 10.1. The molecule has 1 heterocycles. The van der Waals surface area contributed by atoms with Crippen molar-refractivity contribution in [3.05, 3.63) is 35.9 Å². The molecule has 1 aromatic rings. The number of hydrogen-bond acceptors (Lipinski definition) is 3. The zero-order chi connectivity index (χ0) is 12.4. The summed E-state index contributed by atoms with van der Waals surface area (Å²) >= 11 is 0. The smallest absolute Gasteiger partial charge is 0.0914 e. The molecular weight excluding hydrogens is 224 g/mol. The Bertz CT molecular complexity index is 377. The summed E-state index contributed by atoms with van der Waals surface area (Å²) in [5, 5.41) is 13.6. The number of aliphatic hydroxyl groups is 1. The molecule has 18 heavy (non-hydrogen) atoms. The van der Waals surface area contributed by atoms with Crippen molar-refractivity contribution < 1.29 is 5.11 Å². The fourth-order valence-electron chi connectivity index (χ4n) is 2.80. The molecule has 0 amide bonds. The van der Waals surface area contributed by atoms with E-state index in [1.807, 2.05) is 30.3 Å². The Balaban J connectivity index is 1.44. The van der Waals surface area contributed by atoms with Gasteiger partial charge in [0.15, 0.2) is 0 Å². The molecule has 0 aromatic heterocycles. The highest BCUT2D eigenvalue weighted by molar-refractivity contribution is 5.17. The summed E-state index contributed by atoms with van der Waals surface area (Å²) < 4.78 is 0. The van der Waals surface area contributed by atoms with Crippen LogP contribution in [0.5, 0.6) is 0 Å². The van der Waals surface area contributed by atoms with Crippen LogP contribution in [-0.4, -0.2) is 41.7 Å². The van der Waals surface area contributed by atoms with Crippen molar-refractivity contribution in [1.82, 2.24) is 10.2 Å². The maximum atomic E-state index is 10.1. The fraction of sp³-hybridized carbons (Fsp3) is 0.600. The van der Waals surface area contributed by atoms with Crippen LogP contribution in [0.4, 0.5) is 0 Å². The van der Waals surface area contributed by atoms with Crippen LogP contribution in [0, 0.1) is 0 Å². The Morgan fingerprint density at radius 2 is 2.00 bits per heavy atom. The first-order valence-electron chi connectivity index (χ1n) is 7.03. The van der Waals surface area contributed by atoms with Gasteiger partial charge in [0.2, 0.25) is 0 Å². The average Bonchev–Trinajstić information content (AvgIpc) is 3.16. The van der Waals surface area contributed by atoms with Crippen LogP contribution >= 0.6 is 0 Å². The third-order valence-electron chi connectivity index (χ3n) is 4.07. The highest BCUT2D eigenvalue weighted by Crippen LogP contribution is 2.29. The van der Waals surface area contributed by atoms with E-state index in [1.165, 1.54) is 25.8 Å². The van der Waals surface area contributed by atoms with Crippen molar-refractivity contribution in [3.8, 4) is 0 Å². The molecule has 0 radical (unpaired) electrons. The Morgan fingerprint density at radius 1 is 1.22 bits per heavy atom. The van der Waals surface area contributed by atoms with Crippen LogP contribution in [0.15, 0.2) is 30.3 Å². The van der Waals surface area contributed by atoms with Gasteiger partial charge in [-0.1, -0.05) is 30.3 Å². The average molecular weight is 246 g/mol. The zero-order valence-corrected chi connectivity index (χ0v) is 10.8. The van der Waals surface area contributed by atoms with Crippen LogP contribution in [-0.2, 0) is 0 Å². The minimum absolute atomic E-state index is 0.388. The summed E-state index contributed by atoms with van der Waals surface area (Å²) in [6, 6.07) is 11.3. The Kier molecular flexibility index (Phi) is 3.64. The number of likely N-dealkylation sites (tertiary alicyclic amines) is 1. The highest BCUT2D eigenvalue weighted by atomic mass is 16.3. The van der Waals surface area contributed by atoms with Gasteiger partial charge in [0.25, 0.3) is 0 Å². The lowest BCUT2D eigenvalue weighted by atomic mass is 10.1. The van der Waals surface area contributed by atoms with E-state index < -0.39 is 0 Å². The van der Waals surface area contributed by atoms with Gasteiger partial charge in [-0.3, -0.25) is 4.90 Å². The summed E-state index contributed by atoms with van der Waals surface area (Å²) in [5.41, 5.74) is 1.00. The Labute approximate surface area is 109 Å². The number of nitrogens with zero attached hydrogens (tertiary/aromatic N) is 1. The Morgan fingerprint density at radius 3 is 2.72 bits per heavy atom. The third kappa shape index (κ3) is 2.91. The van der Waals surface area contributed by atoms with Crippen molar-refractivity contribution in [1.29, 1.82) is 0 Å². The van der Waals surface area contributed by atoms with Crippen molar-refractivity contribution >= 4 is 0 Å². The molecule has 2 N–H and O–H groups in total. The molecule has 3 rings (SSSR count). The number of rotatable bonds is 5. The van der Waals surface area contributed by atoms with Gasteiger partial charge in [0.05, 0.1) is 6.10 Å². The summed E-state index contributed by atoms with van der Waals surface area (Å²) in [6.45, 7) is 3.04. The monoisotopic (exact) mass is 246 g/mol. The molecule has 1 saturated heterocycles. The SMILES string of the molecule is OC(CNC1CCN(C2CC2)C1)c1ccccc1. The molecule has 2 unspecified atom stereocenters. The summed E-state index contributed by atoms with van der Waals surface area (Å²) in [4.78, 5) is 2.59. The lowest BCUT2D eigenvalue weighted by molar-refractivity contribution is 0.169. The number of hydrogen-bond donors (Lipinski definition) is 2. The van der Waals surface area contributed by atoms with E-state index in [-0.39, 0.29) is 6.10 Å². The van der Waals surface area contributed by atoms with Gasteiger partial charge in [-0.2, -0.15) is 0 Å². The minimum Gasteiger partial charge on any atom is -0.387 e. The predicted octanol–water partition coefficient (Wildman–Crippen LogP) is 1.55. The molecule has 98 valence electrons. The highest BCUT2D eigenvalue weighted by Gasteiger charge is 2.34. The quantitative estimate of drug-likeness (QED) is 0.827. The van der Waals surface area contributed by atoms with Crippen LogP contribution in [0.1, 0.15) is 30.9 Å². The summed E-state index contributed by atoms with van der Waals surface area (Å²) in [7, 11) is 0. The van der Waals surface area contributed by atoms with E-state index in [0.717, 1.165) is 18.2 Å². The standard InChI is InChI=1S/C15H22N2O/c18-15(12-4-2-1-3-5-12)10-16-13-8-9-17(11-13)14-6-7-14/h1-5,13-16,18H,6-11H2. The molecule has 3 heteroatoms. The second-order valence-electron chi connectivity index (χ2n) is 5.55. The van der Waals surface area contributed by atoms with Crippen molar-refractivity contribution in [2.24, 2.45) is 0 Å². The predicted molar refractivity (Wildman–Crippen MR) is 72.4 cm³/mol. The van der Waals surface area contributed by atoms with Crippen LogP contribution in [0.2, 0.25) is 0 Å². The molecule has 2 fully saturated rings. The van der Waals surface area contributed by atoms with E-state index >= 15 is 0 Å². The van der Waals surface area contributed by atoms with E-state index in [1.54, 1.807) is 0 Å². The first kappa shape index (κ1) is 12.2. The molecule has 1 aromatic carbocycles.